The van der Waals surface area contributed by atoms with Crippen LogP contribution in [0, 0.1) is 5.92 Å². The average Bonchev–Trinajstić information content (AvgIpc) is 2.94. The van der Waals surface area contributed by atoms with Crippen LogP contribution >= 0.6 is 0 Å². The van der Waals surface area contributed by atoms with Gasteiger partial charge in [0.2, 0.25) is 0 Å². The maximum atomic E-state index is 11.0. The smallest absolute Gasteiger partial charge is 0.335 e. The van der Waals surface area contributed by atoms with Crippen LogP contribution in [0.3, 0.4) is 0 Å². The summed E-state index contributed by atoms with van der Waals surface area (Å²) in [6, 6.07) is 5.65. The average molecular weight is 290 g/mol. The highest BCUT2D eigenvalue weighted by Gasteiger charge is 2.24. The van der Waals surface area contributed by atoms with Crippen molar-refractivity contribution in [1.82, 2.24) is 0 Å². The molecule has 0 spiro atoms. The maximum Gasteiger partial charge on any atom is 0.335 e. The van der Waals surface area contributed by atoms with Gasteiger partial charge in [0.05, 0.1) is 16.9 Å². The van der Waals surface area contributed by atoms with Crippen molar-refractivity contribution in [2.75, 3.05) is 17.2 Å². The molecule has 1 saturated carbocycles. The van der Waals surface area contributed by atoms with Gasteiger partial charge in [-0.15, -0.1) is 0 Å². The van der Waals surface area contributed by atoms with Gasteiger partial charge in [-0.1, -0.05) is 26.7 Å². The van der Waals surface area contributed by atoms with E-state index in [1.807, 2.05) is 6.07 Å². The number of hydrogen-bond acceptors (Lipinski definition) is 3. The summed E-state index contributed by atoms with van der Waals surface area (Å²) in [6.45, 7) is 5.44. The van der Waals surface area contributed by atoms with Gasteiger partial charge in [0.1, 0.15) is 0 Å². The first-order valence-electron chi connectivity index (χ1n) is 7.88. The van der Waals surface area contributed by atoms with E-state index in [4.69, 9.17) is 10.8 Å². The van der Waals surface area contributed by atoms with Crippen LogP contribution in [0.2, 0.25) is 0 Å². The molecule has 1 aliphatic carbocycles. The summed E-state index contributed by atoms with van der Waals surface area (Å²) in [5.41, 5.74) is 7.95. The highest BCUT2D eigenvalue weighted by Crippen LogP contribution is 2.33. The van der Waals surface area contributed by atoms with Crippen LogP contribution in [0.25, 0.3) is 0 Å². The third-order valence-corrected chi connectivity index (χ3v) is 4.30. The standard InChI is InChI=1S/C17H26N2O2/c1-12(2)9-10-19(14-5-3-4-6-14)16-8-7-13(17(20)21)11-15(16)18/h7-8,11-12,14H,3-6,9-10,18H2,1-2H3,(H,20,21). The molecular weight excluding hydrogens is 264 g/mol. The van der Waals surface area contributed by atoms with Gasteiger partial charge in [0.15, 0.2) is 0 Å². The minimum absolute atomic E-state index is 0.256. The molecule has 0 aromatic heterocycles. The van der Waals surface area contributed by atoms with Crippen LogP contribution in [0.15, 0.2) is 18.2 Å². The summed E-state index contributed by atoms with van der Waals surface area (Å²) in [5.74, 6) is -0.281. The summed E-state index contributed by atoms with van der Waals surface area (Å²) in [5, 5.41) is 9.06. The molecule has 0 saturated heterocycles. The largest absolute Gasteiger partial charge is 0.478 e. The van der Waals surface area contributed by atoms with E-state index in [9.17, 15) is 4.79 Å². The lowest BCUT2D eigenvalue weighted by atomic mass is 10.1. The van der Waals surface area contributed by atoms with Crippen molar-refractivity contribution in [1.29, 1.82) is 0 Å². The Hall–Kier alpha value is -1.71. The quantitative estimate of drug-likeness (QED) is 0.783. The number of nitrogen functional groups attached to an aromatic ring is 1. The molecule has 4 nitrogen and oxygen atoms in total. The highest BCUT2D eigenvalue weighted by atomic mass is 16.4. The zero-order valence-electron chi connectivity index (χ0n) is 13.0. The van der Waals surface area contributed by atoms with Crippen molar-refractivity contribution in [2.24, 2.45) is 5.92 Å². The Balaban J connectivity index is 2.24. The number of hydrogen-bond donors (Lipinski definition) is 2. The van der Waals surface area contributed by atoms with Crippen LogP contribution in [0.4, 0.5) is 11.4 Å². The number of nitrogens with zero attached hydrogens (tertiary/aromatic N) is 1. The van der Waals surface area contributed by atoms with E-state index in [0.717, 1.165) is 18.7 Å². The van der Waals surface area contributed by atoms with Crippen LogP contribution < -0.4 is 10.6 Å². The molecule has 1 fully saturated rings. The first-order valence-corrected chi connectivity index (χ1v) is 7.88. The fourth-order valence-corrected chi connectivity index (χ4v) is 3.06. The molecule has 21 heavy (non-hydrogen) atoms. The van der Waals surface area contributed by atoms with E-state index in [-0.39, 0.29) is 5.56 Å². The molecule has 0 amide bonds. The van der Waals surface area contributed by atoms with Crippen molar-refractivity contribution >= 4 is 17.3 Å². The Morgan fingerprint density at radius 1 is 1.38 bits per heavy atom. The lowest BCUT2D eigenvalue weighted by Gasteiger charge is -2.33. The van der Waals surface area contributed by atoms with Crippen molar-refractivity contribution in [3.63, 3.8) is 0 Å². The highest BCUT2D eigenvalue weighted by molar-refractivity contribution is 5.90. The molecule has 0 aliphatic heterocycles. The summed E-state index contributed by atoms with van der Waals surface area (Å²) < 4.78 is 0. The van der Waals surface area contributed by atoms with Gasteiger partial charge in [-0.25, -0.2) is 4.79 Å². The van der Waals surface area contributed by atoms with Crippen LogP contribution in [0.5, 0.6) is 0 Å². The number of carboxylic acids is 1. The van der Waals surface area contributed by atoms with Gasteiger partial charge in [-0.3, -0.25) is 0 Å². The predicted octanol–water partition coefficient (Wildman–Crippen LogP) is 3.76. The maximum absolute atomic E-state index is 11.0. The lowest BCUT2D eigenvalue weighted by molar-refractivity contribution is 0.0697. The summed E-state index contributed by atoms with van der Waals surface area (Å²) in [6.07, 6.45) is 6.08. The van der Waals surface area contributed by atoms with E-state index in [2.05, 4.69) is 18.7 Å². The zero-order chi connectivity index (χ0) is 15.4. The summed E-state index contributed by atoms with van der Waals surface area (Å²) in [4.78, 5) is 13.4. The zero-order valence-corrected chi connectivity index (χ0v) is 13.0. The number of aromatic carboxylic acids is 1. The SMILES string of the molecule is CC(C)CCN(c1ccc(C(=O)O)cc1N)C1CCCC1. The number of carboxylic acid groups (broad SMARTS) is 1. The summed E-state index contributed by atoms with van der Waals surface area (Å²) >= 11 is 0. The fraction of sp³-hybridized carbons (Fsp3) is 0.588. The van der Waals surface area contributed by atoms with Gasteiger partial charge < -0.3 is 15.7 Å². The first-order chi connectivity index (χ1) is 9.99. The molecular formula is C17H26N2O2. The number of benzene rings is 1. The third-order valence-electron chi connectivity index (χ3n) is 4.30. The van der Waals surface area contributed by atoms with E-state index < -0.39 is 5.97 Å². The molecule has 0 bridgehead atoms. The van der Waals surface area contributed by atoms with Crippen molar-refractivity contribution in [2.45, 2.75) is 52.0 Å². The Morgan fingerprint density at radius 3 is 2.57 bits per heavy atom. The van der Waals surface area contributed by atoms with Gasteiger partial charge in [-0.05, 0) is 43.4 Å². The normalized spacial score (nSPS) is 15.6. The second-order valence-electron chi connectivity index (χ2n) is 6.39. The predicted molar refractivity (Wildman–Crippen MR) is 86.9 cm³/mol. The molecule has 4 heteroatoms. The lowest BCUT2D eigenvalue weighted by Crippen LogP contribution is -2.35. The van der Waals surface area contributed by atoms with Gasteiger partial charge in [0, 0.05) is 12.6 Å². The number of carbonyl (C=O) groups is 1. The Labute approximate surface area is 126 Å². The Bertz CT molecular complexity index is 494. The van der Waals surface area contributed by atoms with Crippen molar-refractivity contribution in [3.8, 4) is 0 Å². The van der Waals surface area contributed by atoms with E-state index >= 15 is 0 Å². The molecule has 116 valence electrons. The molecule has 1 aromatic rings. The number of rotatable bonds is 6. The molecule has 1 aliphatic rings. The van der Waals surface area contributed by atoms with Crippen molar-refractivity contribution in [3.05, 3.63) is 23.8 Å². The van der Waals surface area contributed by atoms with Crippen molar-refractivity contribution < 1.29 is 9.90 Å². The van der Waals surface area contributed by atoms with Crippen LogP contribution in [-0.4, -0.2) is 23.7 Å². The number of anilines is 2. The van der Waals surface area contributed by atoms with Gasteiger partial charge >= 0.3 is 5.97 Å². The van der Waals surface area contributed by atoms with E-state index in [1.54, 1.807) is 12.1 Å². The molecule has 0 atom stereocenters. The molecule has 0 unspecified atom stereocenters. The molecule has 0 radical (unpaired) electrons. The second kappa shape index (κ2) is 6.83. The minimum atomic E-state index is -0.928. The fourth-order valence-electron chi connectivity index (χ4n) is 3.06. The monoisotopic (exact) mass is 290 g/mol. The van der Waals surface area contributed by atoms with Gasteiger partial charge in [0.25, 0.3) is 0 Å². The molecule has 2 rings (SSSR count). The van der Waals surface area contributed by atoms with Crippen LogP contribution in [-0.2, 0) is 0 Å². The minimum Gasteiger partial charge on any atom is -0.478 e. The van der Waals surface area contributed by atoms with E-state index in [1.165, 1.54) is 25.7 Å². The molecule has 1 aromatic carbocycles. The Kier molecular flexibility index (Phi) is 5.10. The van der Waals surface area contributed by atoms with E-state index in [0.29, 0.717) is 17.6 Å². The van der Waals surface area contributed by atoms with Gasteiger partial charge in [-0.2, -0.15) is 0 Å². The Morgan fingerprint density at radius 2 is 2.05 bits per heavy atom. The number of nitrogens with two attached hydrogens (primary N) is 1. The first kappa shape index (κ1) is 15.7. The summed E-state index contributed by atoms with van der Waals surface area (Å²) in [7, 11) is 0. The second-order valence-corrected chi connectivity index (χ2v) is 6.39. The topological polar surface area (TPSA) is 66.6 Å². The molecule has 0 heterocycles. The van der Waals surface area contributed by atoms with Crippen LogP contribution in [0.1, 0.15) is 56.3 Å². The third kappa shape index (κ3) is 3.90. The molecule has 3 N–H and O–H groups in total.